The molecule has 1 amide bonds. The van der Waals surface area contributed by atoms with Gasteiger partial charge < -0.3 is 4.90 Å². The van der Waals surface area contributed by atoms with E-state index in [0.717, 1.165) is 57.7 Å². The number of pyridine rings is 1. The first-order chi connectivity index (χ1) is 9.79. The summed E-state index contributed by atoms with van der Waals surface area (Å²) in [6.45, 7) is 6.90. The Morgan fingerprint density at radius 3 is 2.70 bits per heavy atom. The molecular formula is C16H25N3O. The molecule has 4 nitrogen and oxygen atoms in total. The molecule has 0 unspecified atom stereocenters. The van der Waals surface area contributed by atoms with E-state index in [0.29, 0.717) is 12.3 Å². The first kappa shape index (κ1) is 15.0. The van der Waals surface area contributed by atoms with Crippen LogP contribution in [0.15, 0.2) is 24.4 Å². The van der Waals surface area contributed by atoms with Crippen LogP contribution in [-0.2, 0) is 11.2 Å². The second-order valence-electron chi connectivity index (χ2n) is 5.40. The third kappa shape index (κ3) is 4.60. The molecule has 1 saturated heterocycles. The lowest BCUT2D eigenvalue weighted by atomic mass is 10.2. The van der Waals surface area contributed by atoms with Crippen LogP contribution in [0.1, 0.15) is 31.9 Å². The van der Waals surface area contributed by atoms with Crippen LogP contribution in [0.25, 0.3) is 0 Å². The molecule has 0 saturated carbocycles. The van der Waals surface area contributed by atoms with Gasteiger partial charge in [-0.25, -0.2) is 0 Å². The van der Waals surface area contributed by atoms with Gasteiger partial charge >= 0.3 is 0 Å². The van der Waals surface area contributed by atoms with Gasteiger partial charge in [0, 0.05) is 57.5 Å². The minimum atomic E-state index is 0.330. The fraction of sp³-hybridized carbons (Fsp3) is 0.625. The van der Waals surface area contributed by atoms with Gasteiger partial charge in [-0.15, -0.1) is 0 Å². The van der Waals surface area contributed by atoms with E-state index < -0.39 is 0 Å². The average molecular weight is 275 g/mol. The van der Waals surface area contributed by atoms with E-state index in [-0.39, 0.29) is 0 Å². The van der Waals surface area contributed by atoms with Crippen LogP contribution in [0, 0.1) is 0 Å². The second kappa shape index (κ2) is 8.00. The van der Waals surface area contributed by atoms with Crippen molar-refractivity contribution in [3.05, 3.63) is 30.1 Å². The van der Waals surface area contributed by atoms with Gasteiger partial charge in [-0.1, -0.05) is 19.4 Å². The topological polar surface area (TPSA) is 36.4 Å². The molecule has 1 aromatic heterocycles. The van der Waals surface area contributed by atoms with Crippen molar-refractivity contribution in [2.75, 3.05) is 32.7 Å². The first-order valence-corrected chi connectivity index (χ1v) is 7.69. The molecule has 1 aliphatic heterocycles. The molecule has 0 N–H and O–H groups in total. The standard InChI is InChI=1S/C16H25N3O/c1-2-3-7-16(20)19-13-11-18(12-14-19)10-8-15-6-4-5-9-17-15/h4-6,9H,2-3,7-8,10-14H2,1H3. The highest BCUT2D eigenvalue weighted by atomic mass is 16.2. The summed E-state index contributed by atoms with van der Waals surface area (Å²) in [7, 11) is 0. The Morgan fingerprint density at radius 2 is 2.05 bits per heavy atom. The van der Waals surface area contributed by atoms with Crippen molar-refractivity contribution in [3.63, 3.8) is 0 Å². The SMILES string of the molecule is CCCCC(=O)N1CCN(CCc2ccccn2)CC1. The van der Waals surface area contributed by atoms with Crippen molar-refractivity contribution in [3.8, 4) is 0 Å². The minimum Gasteiger partial charge on any atom is -0.340 e. The number of rotatable bonds is 6. The third-order valence-corrected chi connectivity index (χ3v) is 3.88. The third-order valence-electron chi connectivity index (χ3n) is 3.88. The number of amides is 1. The molecule has 0 bridgehead atoms. The molecule has 0 atom stereocenters. The van der Waals surface area contributed by atoms with Crippen molar-refractivity contribution >= 4 is 5.91 Å². The molecule has 110 valence electrons. The van der Waals surface area contributed by atoms with Gasteiger partial charge in [-0.2, -0.15) is 0 Å². The lowest BCUT2D eigenvalue weighted by Crippen LogP contribution is -2.49. The quantitative estimate of drug-likeness (QED) is 0.796. The van der Waals surface area contributed by atoms with E-state index >= 15 is 0 Å². The Morgan fingerprint density at radius 1 is 1.25 bits per heavy atom. The molecule has 20 heavy (non-hydrogen) atoms. The summed E-state index contributed by atoms with van der Waals surface area (Å²) >= 11 is 0. The Labute approximate surface area is 121 Å². The largest absolute Gasteiger partial charge is 0.340 e. The van der Waals surface area contributed by atoms with E-state index in [9.17, 15) is 4.79 Å². The Hall–Kier alpha value is -1.42. The molecule has 0 aromatic carbocycles. The zero-order valence-electron chi connectivity index (χ0n) is 12.4. The Balaban J connectivity index is 1.68. The molecule has 1 aliphatic rings. The number of carbonyl (C=O) groups is 1. The minimum absolute atomic E-state index is 0.330. The maximum absolute atomic E-state index is 11.9. The maximum Gasteiger partial charge on any atom is 0.222 e. The monoisotopic (exact) mass is 275 g/mol. The normalized spacial score (nSPS) is 16.4. The van der Waals surface area contributed by atoms with E-state index in [1.807, 2.05) is 23.2 Å². The van der Waals surface area contributed by atoms with Gasteiger partial charge in [0.15, 0.2) is 0 Å². The van der Waals surface area contributed by atoms with E-state index in [1.54, 1.807) is 0 Å². The van der Waals surface area contributed by atoms with Gasteiger partial charge in [0.05, 0.1) is 0 Å². The van der Waals surface area contributed by atoms with Crippen LogP contribution < -0.4 is 0 Å². The van der Waals surface area contributed by atoms with Crippen LogP contribution in [0.2, 0.25) is 0 Å². The summed E-state index contributed by atoms with van der Waals surface area (Å²) in [6.07, 6.45) is 5.66. The smallest absolute Gasteiger partial charge is 0.222 e. The molecular weight excluding hydrogens is 250 g/mol. The highest BCUT2D eigenvalue weighted by Crippen LogP contribution is 2.07. The summed E-state index contributed by atoms with van der Waals surface area (Å²) in [5, 5.41) is 0. The Kier molecular flexibility index (Phi) is 5.99. The van der Waals surface area contributed by atoms with Gasteiger partial charge in [0.1, 0.15) is 0 Å². The molecule has 0 spiro atoms. The summed E-state index contributed by atoms with van der Waals surface area (Å²) in [5.74, 6) is 0.330. The lowest BCUT2D eigenvalue weighted by Gasteiger charge is -2.34. The van der Waals surface area contributed by atoms with Crippen LogP contribution in [0.4, 0.5) is 0 Å². The summed E-state index contributed by atoms with van der Waals surface area (Å²) in [6, 6.07) is 6.06. The summed E-state index contributed by atoms with van der Waals surface area (Å²) in [4.78, 5) is 20.7. The number of nitrogens with zero attached hydrogens (tertiary/aromatic N) is 3. The summed E-state index contributed by atoms with van der Waals surface area (Å²) in [5.41, 5.74) is 1.15. The average Bonchev–Trinajstić information content (AvgIpc) is 2.52. The predicted molar refractivity (Wildman–Crippen MR) is 80.5 cm³/mol. The highest BCUT2D eigenvalue weighted by Gasteiger charge is 2.20. The molecule has 2 heterocycles. The zero-order valence-corrected chi connectivity index (χ0v) is 12.4. The fourth-order valence-corrected chi connectivity index (χ4v) is 2.53. The maximum atomic E-state index is 11.9. The van der Waals surface area contributed by atoms with Crippen molar-refractivity contribution in [1.29, 1.82) is 0 Å². The molecule has 0 radical (unpaired) electrons. The van der Waals surface area contributed by atoms with E-state index in [1.165, 1.54) is 0 Å². The number of hydrogen-bond acceptors (Lipinski definition) is 3. The van der Waals surface area contributed by atoms with Crippen molar-refractivity contribution in [2.24, 2.45) is 0 Å². The number of carbonyl (C=O) groups excluding carboxylic acids is 1. The lowest BCUT2D eigenvalue weighted by molar-refractivity contribution is -0.133. The second-order valence-corrected chi connectivity index (χ2v) is 5.40. The Bertz CT molecular complexity index is 399. The van der Waals surface area contributed by atoms with Gasteiger partial charge in [0.25, 0.3) is 0 Å². The van der Waals surface area contributed by atoms with Crippen molar-refractivity contribution < 1.29 is 4.79 Å². The summed E-state index contributed by atoms with van der Waals surface area (Å²) < 4.78 is 0. The molecule has 1 aromatic rings. The van der Waals surface area contributed by atoms with Gasteiger partial charge in [-0.05, 0) is 18.6 Å². The van der Waals surface area contributed by atoms with Gasteiger partial charge in [0.2, 0.25) is 5.91 Å². The fourth-order valence-electron chi connectivity index (χ4n) is 2.53. The van der Waals surface area contributed by atoms with Crippen LogP contribution in [0.5, 0.6) is 0 Å². The first-order valence-electron chi connectivity index (χ1n) is 7.69. The van der Waals surface area contributed by atoms with Crippen LogP contribution in [0.3, 0.4) is 0 Å². The van der Waals surface area contributed by atoms with Crippen molar-refractivity contribution in [2.45, 2.75) is 32.6 Å². The molecule has 0 aliphatic carbocycles. The molecule has 2 rings (SSSR count). The zero-order chi connectivity index (χ0) is 14.2. The number of piperazine rings is 1. The van der Waals surface area contributed by atoms with Crippen molar-refractivity contribution in [1.82, 2.24) is 14.8 Å². The number of aromatic nitrogens is 1. The number of hydrogen-bond donors (Lipinski definition) is 0. The number of unbranched alkanes of at least 4 members (excludes halogenated alkanes) is 1. The molecule has 4 heteroatoms. The van der Waals surface area contributed by atoms with Crippen LogP contribution >= 0.6 is 0 Å². The van der Waals surface area contributed by atoms with Gasteiger partial charge in [-0.3, -0.25) is 14.7 Å². The van der Waals surface area contributed by atoms with Crippen LogP contribution in [-0.4, -0.2) is 53.4 Å². The van der Waals surface area contributed by atoms with E-state index in [4.69, 9.17) is 0 Å². The highest BCUT2D eigenvalue weighted by molar-refractivity contribution is 5.76. The predicted octanol–water partition coefficient (Wildman–Crippen LogP) is 1.96. The molecule has 1 fully saturated rings. The van der Waals surface area contributed by atoms with E-state index in [2.05, 4.69) is 22.9 Å².